The van der Waals surface area contributed by atoms with Gasteiger partial charge in [0.05, 0.1) is 23.2 Å². The summed E-state index contributed by atoms with van der Waals surface area (Å²) in [6, 6.07) is 19.8. The normalized spacial score (nSPS) is 10.5. The summed E-state index contributed by atoms with van der Waals surface area (Å²) in [5.41, 5.74) is 1.59. The van der Waals surface area contributed by atoms with Crippen LogP contribution in [0.4, 0.5) is 5.69 Å². The molecule has 2 aromatic carbocycles. The number of ether oxygens (including phenoxy) is 1. The van der Waals surface area contributed by atoms with Crippen LogP contribution in [0.3, 0.4) is 0 Å². The highest BCUT2D eigenvalue weighted by atomic mass is 32.1. The van der Waals surface area contributed by atoms with Crippen LogP contribution in [0.25, 0.3) is 16.4 Å². The van der Waals surface area contributed by atoms with Crippen LogP contribution in [0, 0.1) is 0 Å². The van der Waals surface area contributed by atoms with Crippen LogP contribution >= 0.6 is 11.3 Å². The van der Waals surface area contributed by atoms with E-state index in [0.29, 0.717) is 17.1 Å². The second-order valence-electron chi connectivity index (χ2n) is 6.01. The van der Waals surface area contributed by atoms with Crippen LogP contribution < -0.4 is 5.32 Å². The van der Waals surface area contributed by atoms with E-state index in [1.54, 1.807) is 22.9 Å². The SMILES string of the molecule is COC(=O)c1cccc(NC(=O)c2nc(-c3cccs3)n(-c3ccccc3)n2)c1. The van der Waals surface area contributed by atoms with E-state index in [1.165, 1.54) is 24.5 Å². The molecule has 0 aliphatic rings. The van der Waals surface area contributed by atoms with Crippen LogP contribution in [0.2, 0.25) is 0 Å². The number of aromatic nitrogens is 3. The van der Waals surface area contributed by atoms with E-state index in [4.69, 9.17) is 4.74 Å². The molecule has 0 bridgehead atoms. The Labute approximate surface area is 170 Å². The zero-order valence-corrected chi connectivity index (χ0v) is 16.2. The van der Waals surface area contributed by atoms with E-state index in [2.05, 4.69) is 15.4 Å². The average molecular weight is 404 g/mol. The van der Waals surface area contributed by atoms with E-state index in [0.717, 1.165) is 10.6 Å². The van der Waals surface area contributed by atoms with E-state index >= 15 is 0 Å². The fraction of sp³-hybridized carbons (Fsp3) is 0.0476. The minimum atomic E-state index is -0.479. The Morgan fingerprint density at radius 3 is 2.59 bits per heavy atom. The number of esters is 1. The molecule has 2 aromatic heterocycles. The third-order valence-electron chi connectivity index (χ3n) is 4.09. The lowest BCUT2D eigenvalue weighted by molar-refractivity contribution is 0.0600. The van der Waals surface area contributed by atoms with Gasteiger partial charge in [-0.2, -0.15) is 0 Å². The summed E-state index contributed by atoms with van der Waals surface area (Å²) in [7, 11) is 1.31. The molecule has 1 N–H and O–H groups in total. The van der Waals surface area contributed by atoms with Crippen LogP contribution in [0.15, 0.2) is 72.1 Å². The van der Waals surface area contributed by atoms with Crippen molar-refractivity contribution >= 4 is 28.9 Å². The Bertz CT molecular complexity index is 1150. The summed E-state index contributed by atoms with van der Waals surface area (Å²) < 4.78 is 6.36. The predicted octanol–water partition coefficient (Wildman–Crippen LogP) is 4.03. The number of rotatable bonds is 5. The number of carbonyl (C=O) groups excluding carboxylic acids is 2. The van der Waals surface area contributed by atoms with Crippen LogP contribution in [0.1, 0.15) is 21.0 Å². The molecule has 0 spiro atoms. The lowest BCUT2D eigenvalue weighted by atomic mass is 10.2. The number of methoxy groups -OCH3 is 1. The molecule has 0 saturated heterocycles. The van der Waals surface area contributed by atoms with Crippen molar-refractivity contribution in [1.29, 1.82) is 0 Å². The zero-order chi connectivity index (χ0) is 20.2. The molecule has 4 aromatic rings. The van der Waals surface area contributed by atoms with E-state index < -0.39 is 11.9 Å². The van der Waals surface area contributed by atoms with Crippen molar-refractivity contribution in [2.45, 2.75) is 0 Å². The van der Waals surface area contributed by atoms with Crippen molar-refractivity contribution in [1.82, 2.24) is 14.8 Å². The van der Waals surface area contributed by atoms with Gasteiger partial charge in [-0.3, -0.25) is 4.79 Å². The van der Waals surface area contributed by atoms with Crippen LogP contribution in [0.5, 0.6) is 0 Å². The van der Waals surface area contributed by atoms with E-state index in [-0.39, 0.29) is 5.82 Å². The molecule has 4 rings (SSSR count). The second kappa shape index (κ2) is 8.07. The molecule has 2 heterocycles. The second-order valence-corrected chi connectivity index (χ2v) is 6.96. The molecular weight excluding hydrogens is 388 g/mol. The number of amides is 1. The topological polar surface area (TPSA) is 86.1 Å². The largest absolute Gasteiger partial charge is 0.465 e. The minimum Gasteiger partial charge on any atom is -0.465 e. The first-order valence-corrected chi connectivity index (χ1v) is 9.60. The number of para-hydroxylation sites is 1. The fourth-order valence-electron chi connectivity index (χ4n) is 2.75. The standard InChI is InChI=1S/C21H16N4O3S/c1-28-21(27)14-7-5-8-15(13-14)22-20(26)18-23-19(17-11-6-12-29-17)25(24-18)16-9-3-2-4-10-16/h2-13H,1H3,(H,22,26). The van der Waals surface area contributed by atoms with Gasteiger partial charge in [-0.05, 0) is 41.8 Å². The average Bonchev–Trinajstić information content (AvgIpc) is 3.44. The highest BCUT2D eigenvalue weighted by Gasteiger charge is 2.19. The molecule has 0 radical (unpaired) electrons. The number of carbonyl (C=O) groups is 2. The molecule has 8 heteroatoms. The Morgan fingerprint density at radius 1 is 1.03 bits per heavy atom. The molecule has 0 atom stereocenters. The lowest BCUT2D eigenvalue weighted by Gasteiger charge is -2.05. The van der Waals surface area contributed by atoms with Crippen LogP contribution in [-0.4, -0.2) is 33.8 Å². The first kappa shape index (κ1) is 18.6. The molecule has 7 nitrogen and oxygen atoms in total. The smallest absolute Gasteiger partial charge is 0.337 e. The molecule has 144 valence electrons. The highest BCUT2D eigenvalue weighted by molar-refractivity contribution is 7.13. The van der Waals surface area contributed by atoms with Gasteiger partial charge in [0.25, 0.3) is 5.91 Å². The fourth-order valence-corrected chi connectivity index (χ4v) is 3.45. The third kappa shape index (κ3) is 3.92. The summed E-state index contributed by atoms with van der Waals surface area (Å²) in [5, 5.41) is 9.09. The number of hydrogen-bond acceptors (Lipinski definition) is 6. The molecule has 0 saturated carbocycles. The van der Waals surface area contributed by atoms with Crippen molar-refractivity contribution in [3.8, 4) is 16.4 Å². The van der Waals surface area contributed by atoms with Gasteiger partial charge in [-0.15, -0.1) is 16.4 Å². The number of benzene rings is 2. The van der Waals surface area contributed by atoms with E-state index in [9.17, 15) is 9.59 Å². The van der Waals surface area contributed by atoms with Crippen LogP contribution in [-0.2, 0) is 4.74 Å². The first-order chi connectivity index (χ1) is 14.2. The summed E-state index contributed by atoms with van der Waals surface area (Å²) in [6.07, 6.45) is 0. The molecule has 29 heavy (non-hydrogen) atoms. The summed E-state index contributed by atoms with van der Waals surface area (Å²) in [6.45, 7) is 0. The van der Waals surface area contributed by atoms with E-state index in [1.807, 2.05) is 47.8 Å². The maximum atomic E-state index is 12.8. The molecule has 0 aliphatic carbocycles. The van der Waals surface area contributed by atoms with Crippen molar-refractivity contribution in [2.75, 3.05) is 12.4 Å². The van der Waals surface area contributed by atoms with Crippen molar-refractivity contribution in [3.05, 3.63) is 83.5 Å². The Kier molecular flexibility index (Phi) is 5.17. The first-order valence-electron chi connectivity index (χ1n) is 8.72. The number of thiophene rings is 1. The van der Waals surface area contributed by atoms with Gasteiger partial charge < -0.3 is 10.1 Å². The monoisotopic (exact) mass is 404 g/mol. The Balaban J connectivity index is 1.67. The maximum Gasteiger partial charge on any atom is 0.337 e. The summed E-state index contributed by atoms with van der Waals surface area (Å²) in [4.78, 5) is 29.8. The molecule has 0 unspecified atom stereocenters. The molecule has 0 fully saturated rings. The van der Waals surface area contributed by atoms with Gasteiger partial charge in [-0.25, -0.2) is 14.5 Å². The Morgan fingerprint density at radius 2 is 1.86 bits per heavy atom. The molecule has 1 amide bonds. The summed E-state index contributed by atoms with van der Waals surface area (Å²) >= 11 is 1.52. The zero-order valence-electron chi connectivity index (χ0n) is 15.4. The summed E-state index contributed by atoms with van der Waals surface area (Å²) in [5.74, 6) is -0.340. The van der Waals surface area contributed by atoms with Gasteiger partial charge in [0.15, 0.2) is 5.82 Å². The molecule has 0 aliphatic heterocycles. The minimum absolute atomic E-state index is 0.0284. The predicted molar refractivity (Wildman–Crippen MR) is 110 cm³/mol. The number of anilines is 1. The van der Waals surface area contributed by atoms with Gasteiger partial charge >= 0.3 is 5.97 Å². The number of nitrogens with zero attached hydrogens (tertiary/aromatic N) is 3. The molecular formula is C21H16N4O3S. The maximum absolute atomic E-state index is 12.8. The number of nitrogens with one attached hydrogen (secondary N) is 1. The van der Waals surface area contributed by atoms with Gasteiger partial charge in [-0.1, -0.05) is 30.3 Å². The quantitative estimate of drug-likeness (QED) is 0.508. The number of hydrogen-bond donors (Lipinski definition) is 1. The van der Waals surface area contributed by atoms with Gasteiger partial charge in [0.1, 0.15) is 0 Å². The Hall–Kier alpha value is -3.78. The van der Waals surface area contributed by atoms with Gasteiger partial charge in [0, 0.05) is 5.69 Å². The van der Waals surface area contributed by atoms with Crippen molar-refractivity contribution in [3.63, 3.8) is 0 Å². The van der Waals surface area contributed by atoms with Gasteiger partial charge in [0.2, 0.25) is 5.82 Å². The lowest BCUT2D eigenvalue weighted by Crippen LogP contribution is -2.15. The van der Waals surface area contributed by atoms with Crippen molar-refractivity contribution in [2.24, 2.45) is 0 Å². The third-order valence-corrected chi connectivity index (χ3v) is 4.96. The highest BCUT2D eigenvalue weighted by Crippen LogP contribution is 2.25. The van der Waals surface area contributed by atoms with Crippen molar-refractivity contribution < 1.29 is 14.3 Å².